The Morgan fingerprint density at radius 3 is 2.48 bits per heavy atom. The summed E-state index contributed by atoms with van der Waals surface area (Å²) < 4.78 is 9.79. The van der Waals surface area contributed by atoms with E-state index in [0.29, 0.717) is 17.9 Å². The van der Waals surface area contributed by atoms with E-state index in [1.165, 1.54) is 0 Å². The fourth-order valence-electron chi connectivity index (χ4n) is 2.18. The molecule has 0 aromatic heterocycles. The van der Waals surface area contributed by atoms with Crippen molar-refractivity contribution in [1.82, 2.24) is 0 Å². The summed E-state index contributed by atoms with van der Waals surface area (Å²) in [5.74, 6) is 1.18. The van der Waals surface area contributed by atoms with E-state index in [0.717, 1.165) is 22.3 Å². The molecule has 0 N–H and O–H groups in total. The van der Waals surface area contributed by atoms with Crippen LogP contribution in [0.4, 0.5) is 0 Å². The molecule has 0 fully saturated rings. The van der Waals surface area contributed by atoms with E-state index in [9.17, 15) is 0 Å². The first kappa shape index (κ1) is 14.4. The third-order valence-electron chi connectivity index (χ3n) is 3.14. The lowest BCUT2D eigenvalue weighted by molar-refractivity contribution is 0.364. The molecule has 1 aliphatic carbocycles. The van der Waals surface area contributed by atoms with Crippen molar-refractivity contribution in [3.63, 3.8) is 0 Å². The van der Waals surface area contributed by atoms with Gasteiger partial charge in [0.1, 0.15) is 11.5 Å². The second-order valence-electron chi connectivity index (χ2n) is 4.79. The average Bonchev–Trinajstić information content (AvgIpc) is 2.63. The molecule has 104 valence electrons. The summed E-state index contributed by atoms with van der Waals surface area (Å²) in [5.41, 5.74) is 4.04. The summed E-state index contributed by atoms with van der Waals surface area (Å²) >= 11 is 0. The molecule has 4 nitrogen and oxygen atoms in total. The second-order valence-corrected chi connectivity index (χ2v) is 4.79. The Kier molecular flexibility index (Phi) is 4.43. The van der Waals surface area contributed by atoms with Crippen molar-refractivity contribution in [2.24, 2.45) is 0 Å². The molecule has 0 amide bonds. The van der Waals surface area contributed by atoms with Crippen molar-refractivity contribution in [3.05, 3.63) is 58.9 Å². The number of hydrogen-bond acceptors (Lipinski definition) is 4. The van der Waals surface area contributed by atoms with Gasteiger partial charge in [-0.3, -0.25) is 0 Å². The van der Waals surface area contributed by atoms with Gasteiger partial charge in [0.05, 0.1) is 0 Å². The maximum absolute atomic E-state index is 8.60. The zero-order valence-electron chi connectivity index (χ0n) is 11.9. The normalized spacial score (nSPS) is 13.8. The maximum Gasteiger partial charge on any atom is 0.292 e. The van der Waals surface area contributed by atoms with Gasteiger partial charge in [0.2, 0.25) is 0 Å². The molecule has 0 spiro atoms. The average molecular weight is 278 g/mol. The quantitative estimate of drug-likeness (QED) is 0.784. The van der Waals surface area contributed by atoms with E-state index in [4.69, 9.17) is 20.0 Å². The highest BCUT2D eigenvalue weighted by atomic mass is 16.5. The molecule has 0 atom stereocenters. The Morgan fingerprint density at radius 2 is 1.81 bits per heavy atom. The van der Waals surface area contributed by atoms with Crippen LogP contribution in [0.3, 0.4) is 0 Å². The predicted octanol–water partition coefficient (Wildman–Crippen LogP) is 3.97. The third kappa shape index (κ3) is 3.52. The molecule has 1 aromatic rings. The lowest BCUT2D eigenvalue weighted by atomic mass is 10.0. The number of allylic oxidation sites excluding steroid dienone is 5. The maximum atomic E-state index is 8.60. The van der Waals surface area contributed by atoms with Crippen molar-refractivity contribution in [3.8, 4) is 18.3 Å². The molecule has 4 heteroatoms. The Hall–Kier alpha value is -2.98. The number of nitrogens with zero attached hydrogens (tertiary/aromatic N) is 2. The van der Waals surface area contributed by atoms with E-state index < -0.39 is 0 Å². The van der Waals surface area contributed by atoms with Gasteiger partial charge in [-0.1, -0.05) is 23.8 Å². The molecule has 2 rings (SSSR count). The van der Waals surface area contributed by atoms with Crippen LogP contribution in [0.1, 0.15) is 24.5 Å². The van der Waals surface area contributed by atoms with Crippen molar-refractivity contribution in [2.45, 2.75) is 20.3 Å². The molecule has 1 aromatic carbocycles. The van der Waals surface area contributed by atoms with Crippen LogP contribution in [-0.4, -0.2) is 0 Å². The third-order valence-corrected chi connectivity index (χ3v) is 3.14. The minimum Gasteiger partial charge on any atom is -0.392 e. The van der Waals surface area contributed by atoms with Gasteiger partial charge >= 0.3 is 0 Å². The van der Waals surface area contributed by atoms with Crippen molar-refractivity contribution >= 4 is 5.57 Å². The van der Waals surface area contributed by atoms with E-state index in [1.807, 2.05) is 32.1 Å². The predicted molar refractivity (Wildman–Crippen MR) is 78.6 cm³/mol. The number of benzene rings is 1. The van der Waals surface area contributed by atoms with Gasteiger partial charge in [-0.2, -0.15) is 0 Å². The SMILES string of the molecule is CC1=CC(c2ccc(OC#N)c(C)c2)=CC=C(OC#N)C1. The van der Waals surface area contributed by atoms with E-state index in [1.54, 1.807) is 24.7 Å². The Balaban J connectivity index is 2.37. The molecule has 0 saturated carbocycles. The van der Waals surface area contributed by atoms with Crippen LogP contribution >= 0.6 is 0 Å². The fraction of sp³-hybridized carbons (Fsp3) is 0.176. The fourth-order valence-corrected chi connectivity index (χ4v) is 2.18. The van der Waals surface area contributed by atoms with Gasteiger partial charge in [-0.25, -0.2) is 0 Å². The van der Waals surface area contributed by atoms with Gasteiger partial charge in [0.15, 0.2) is 0 Å². The van der Waals surface area contributed by atoms with E-state index >= 15 is 0 Å². The number of hydrogen-bond donors (Lipinski definition) is 0. The Labute approximate surface area is 123 Å². The van der Waals surface area contributed by atoms with Crippen LogP contribution in [0.2, 0.25) is 0 Å². The molecule has 0 heterocycles. The summed E-state index contributed by atoms with van der Waals surface area (Å²) in [4.78, 5) is 0. The topological polar surface area (TPSA) is 66.0 Å². The molecular formula is C17H14N2O2. The molecular weight excluding hydrogens is 264 g/mol. The first-order chi connectivity index (χ1) is 10.1. The van der Waals surface area contributed by atoms with Crippen LogP contribution in [-0.2, 0) is 4.74 Å². The van der Waals surface area contributed by atoms with Gasteiger partial charge < -0.3 is 9.47 Å². The highest BCUT2D eigenvalue weighted by molar-refractivity contribution is 5.77. The molecule has 0 radical (unpaired) electrons. The first-order valence-corrected chi connectivity index (χ1v) is 6.45. The highest BCUT2D eigenvalue weighted by Crippen LogP contribution is 2.28. The van der Waals surface area contributed by atoms with E-state index in [2.05, 4.69) is 6.08 Å². The zero-order chi connectivity index (χ0) is 15.2. The molecule has 0 unspecified atom stereocenters. The number of aryl methyl sites for hydroxylation is 1. The summed E-state index contributed by atoms with van der Waals surface area (Å²) in [6.07, 6.45) is 9.77. The summed E-state index contributed by atoms with van der Waals surface area (Å²) in [6.45, 7) is 3.89. The number of rotatable bonds is 3. The lowest BCUT2D eigenvalue weighted by Gasteiger charge is -2.07. The van der Waals surface area contributed by atoms with Crippen LogP contribution in [0.25, 0.3) is 5.57 Å². The summed E-state index contributed by atoms with van der Waals surface area (Å²) in [7, 11) is 0. The minimum absolute atomic E-state index is 0.556. The molecule has 0 bridgehead atoms. The number of nitriles is 2. The summed E-state index contributed by atoms with van der Waals surface area (Å²) in [5, 5.41) is 17.2. The number of ether oxygens (including phenoxy) is 2. The lowest BCUT2D eigenvalue weighted by Crippen LogP contribution is -1.89. The monoisotopic (exact) mass is 278 g/mol. The minimum atomic E-state index is 0.556. The van der Waals surface area contributed by atoms with Crippen LogP contribution in [0.5, 0.6) is 5.75 Å². The molecule has 0 aliphatic heterocycles. The van der Waals surface area contributed by atoms with Gasteiger partial charge in [-0.05, 0) is 48.8 Å². The van der Waals surface area contributed by atoms with Gasteiger partial charge in [0, 0.05) is 6.42 Å². The smallest absolute Gasteiger partial charge is 0.292 e. The Morgan fingerprint density at radius 1 is 1.05 bits per heavy atom. The Bertz CT molecular complexity index is 728. The largest absolute Gasteiger partial charge is 0.392 e. The van der Waals surface area contributed by atoms with E-state index in [-0.39, 0.29) is 0 Å². The zero-order valence-corrected chi connectivity index (χ0v) is 11.9. The summed E-state index contributed by atoms with van der Waals surface area (Å²) in [6, 6.07) is 5.64. The standard InChI is InChI=1S/C17H14N2O2/c1-12-7-14(3-5-16(8-12)20-10-18)15-4-6-17(21-11-19)13(2)9-15/h3-7,9H,8H2,1-2H3. The molecule has 0 saturated heterocycles. The first-order valence-electron chi connectivity index (χ1n) is 6.45. The highest BCUT2D eigenvalue weighted by Gasteiger charge is 2.09. The molecule has 1 aliphatic rings. The van der Waals surface area contributed by atoms with Crippen LogP contribution < -0.4 is 4.74 Å². The second kappa shape index (κ2) is 6.45. The van der Waals surface area contributed by atoms with Crippen molar-refractivity contribution < 1.29 is 9.47 Å². The van der Waals surface area contributed by atoms with Crippen molar-refractivity contribution in [1.29, 1.82) is 10.5 Å². The van der Waals surface area contributed by atoms with Crippen LogP contribution in [0, 0.1) is 30.0 Å². The van der Waals surface area contributed by atoms with Gasteiger partial charge in [-0.15, -0.1) is 10.5 Å². The van der Waals surface area contributed by atoms with Crippen LogP contribution in [0.15, 0.2) is 47.8 Å². The van der Waals surface area contributed by atoms with Gasteiger partial charge in [0.25, 0.3) is 12.5 Å². The molecule has 21 heavy (non-hydrogen) atoms. The van der Waals surface area contributed by atoms with Crippen molar-refractivity contribution in [2.75, 3.05) is 0 Å².